The Bertz CT molecular complexity index is 988. The van der Waals surface area contributed by atoms with Crippen molar-refractivity contribution in [2.45, 2.75) is 13.5 Å². The highest BCUT2D eigenvalue weighted by Crippen LogP contribution is 2.23. The van der Waals surface area contributed by atoms with Gasteiger partial charge in [-0.3, -0.25) is 4.79 Å². The number of amides is 1. The van der Waals surface area contributed by atoms with Gasteiger partial charge in [0.05, 0.1) is 0 Å². The summed E-state index contributed by atoms with van der Waals surface area (Å²) in [7, 11) is 0. The maximum atomic E-state index is 12.4. The van der Waals surface area contributed by atoms with E-state index in [1.807, 2.05) is 37.3 Å². The van der Waals surface area contributed by atoms with E-state index in [-0.39, 0.29) is 19.1 Å². The van der Waals surface area contributed by atoms with E-state index in [2.05, 4.69) is 5.32 Å². The van der Waals surface area contributed by atoms with Gasteiger partial charge in [0.25, 0.3) is 5.91 Å². The van der Waals surface area contributed by atoms with Crippen molar-refractivity contribution in [1.82, 2.24) is 0 Å². The molecule has 0 heterocycles. The minimum Gasteiger partial charge on any atom is -0.482 e. The molecule has 148 valence electrons. The number of hydrogen-bond acceptors (Lipinski definition) is 4. The molecule has 0 fully saturated rings. The van der Waals surface area contributed by atoms with Crippen LogP contribution in [0.25, 0.3) is 0 Å². The number of rotatable bonds is 7. The predicted octanol–water partition coefficient (Wildman–Crippen LogP) is 5.02. The number of benzene rings is 3. The zero-order valence-corrected chi connectivity index (χ0v) is 16.6. The maximum absolute atomic E-state index is 12.4. The molecule has 1 amide bonds. The Hall–Kier alpha value is -3.31. The molecular formula is C23H20ClNO4. The van der Waals surface area contributed by atoms with Gasteiger partial charge in [0, 0.05) is 16.3 Å². The molecule has 3 rings (SSSR count). The second-order valence-corrected chi connectivity index (χ2v) is 6.73. The molecule has 0 saturated heterocycles. The SMILES string of the molecule is Cc1c(Cl)cccc1NC(=O)c1ccc(OCC(=O)OCc2ccccc2)cc1. The number of nitrogens with one attached hydrogen (secondary N) is 1. The molecule has 0 saturated carbocycles. The van der Waals surface area contributed by atoms with Crippen LogP contribution in [0.15, 0.2) is 72.8 Å². The molecule has 0 aromatic heterocycles. The van der Waals surface area contributed by atoms with Crippen molar-refractivity contribution in [3.63, 3.8) is 0 Å². The van der Waals surface area contributed by atoms with Gasteiger partial charge < -0.3 is 14.8 Å². The predicted molar refractivity (Wildman–Crippen MR) is 112 cm³/mol. The summed E-state index contributed by atoms with van der Waals surface area (Å²) in [5.41, 5.74) is 2.83. The van der Waals surface area contributed by atoms with Crippen LogP contribution in [0.3, 0.4) is 0 Å². The molecule has 5 nitrogen and oxygen atoms in total. The van der Waals surface area contributed by atoms with Crippen LogP contribution in [-0.4, -0.2) is 18.5 Å². The lowest BCUT2D eigenvalue weighted by atomic mass is 10.1. The minimum absolute atomic E-state index is 0.199. The van der Waals surface area contributed by atoms with Gasteiger partial charge in [-0.15, -0.1) is 0 Å². The summed E-state index contributed by atoms with van der Waals surface area (Å²) in [4.78, 5) is 24.2. The lowest BCUT2D eigenvalue weighted by molar-refractivity contribution is -0.147. The summed E-state index contributed by atoms with van der Waals surface area (Å²) in [6, 6.07) is 21.3. The molecule has 0 aliphatic heterocycles. The summed E-state index contributed by atoms with van der Waals surface area (Å²) in [5, 5.41) is 3.42. The first-order valence-corrected chi connectivity index (χ1v) is 9.39. The lowest BCUT2D eigenvalue weighted by Gasteiger charge is -2.10. The smallest absolute Gasteiger partial charge is 0.344 e. The van der Waals surface area contributed by atoms with Crippen LogP contribution in [0.4, 0.5) is 5.69 Å². The van der Waals surface area contributed by atoms with Crippen LogP contribution in [0.1, 0.15) is 21.5 Å². The van der Waals surface area contributed by atoms with E-state index in [9.17, 15) is 9.59 Å². The van der Waals surface area contributed by atoms with Crippen molar-refractivity contribution >= 4 is 29.2 Å². The first-order chi connectivity index (χ1) is 14.0. The van der Waals surface area contributed by atoms with E-state index in [1.54, 1.807) is 42.5 Å². The third kappa shape index (κ3) is 5.83. The van der Waals surface area contributed by atoms with Gasteiger partial charge >= 0.3 is 5.97 Å². The van der Waals surface area contributed by atoms with Crippen LogP contribution < -0.4 is 10.1 Å². The molecule has 29 heavy (non-hydrogen) atoms. The molecule has 0 aliphatic rings. The van der Waals surface area contributed by atoms with Crippen LogP contribution in [0.5, 0.6) is 5.75 Å². The van der Waals surface area contributed by atoms with Gasteiger partial charge in [-0.2, -0.15) is 0 Å². The fraction of sp³-hybridized carbons (Fsp3) is 0.130. The standard InChI is InChI=1S/C23H20ClNO4/c1-16-20(24)8-5-9-21(16)25-23(27)18-10-12-19(13-11-18)28-15-22(26)29-14-17-6-3-2-4-7-17/h2-13H,14-15H2,1H3,(H,25,27). The molecule has 0 atom stereocenters. The molecule has 1 N–H and O–H groups in total. The van der Waals surface area contributed by atoms with Gasteiger partial charge in [0.1, 0.15) is 12.4 Å². The Morgan fingerprint density at radius 3 is 2.38 bits per heavy atom. The van der Waals surface area contributed by atoms with Crippen molar-refractivity contribution in [2.24, 2.45) is 0 Å². The molecule has 0 radical (unpaired) electrons. The number of anilines is 1. The van der Waals surface area contributed by atoms with Gasteiger partial charge in [0.15, 0.2) is 6.61 Å². The number of carbonyl (C=O) groups is 2. The van der Waals surface area contributed by atoms with Crippen LogP contribution >= 0.6 is 11.6 Å². The Balaban J connectivity index is 1.50. The molecule has 0 bridgehead atoms. The fourth-order valence-corrected chi connectivity index (χ4v) is 2.74. The van der Waals surface area contributed by atoms with Gasteiger partial charge in [-0.1, -0.05) is 48.0 Å². The van der Waals surface area contributed by atoms with Crippen molar-refractivity contribution in [1.29, 1.82) is 0 Å². The zero-order chi connectivity index (χ0) is 20.6. The van der Waals surface area contributed by atoms with Crippen molar-refractivity contribution in [3.05, 3.63) is 94.5 Å². The van der Waals surface area contributed by atoms with Crippen LogP contribution in [-0.2, 0) is 16.1 Å². The zero-order valence-electron chi connectivity index (χ0n) is 15.9. The summed E-state index contributed by atoms with van der Waals surface area (Å²) in [6.45, 7) is 1.83. The molecule has 0 aliphatic carbocycles. The number of halogens is 1. The monoisotopic (exact) mass is 409 g/mol. The van der Waals surface area contributed by atoms with Crippen LogP contribution in [0.2, 0.25) is 5.02 Å². The highest BCUT2D eigenvalue weighted by Gasteiger charge is 2.10. The number of carbonyl (C=O) groups excluding carboxylic acids is 2. The third-order valence-electron chi connectivity index (χ3n) is 4.23. The van der Waals surface area contributed by atoms with Crippen molar-refractivity contribution in [3.8, 4) is 5.75 Å². The first-order valence-electron chi connectivity index (χ1n) is 9.02. The Morgan fingerprint density at radius 2 is 1.66 bits per heavy atom. The first kappa shape index (κ1) is 20.4. The Morgan fingerprint density at radius 1 is 0.931 bits per heavy atom. The summed E-state index contributed by atoms with van der Waals surface area (Å²) in [6.07, 6.45) is 0. The summed E-state index contributed by atoms with van der Waals surface area (Å²) in [5.74, 6) is -0.256. The van der Waals surface area contributed by atoms with E-state index in [0.717, 1.165) is 11.1 Å². The second kappa shape index (κ2) is 9.75. The number of esters is 1. The maximum Gasteiger partial charge on any atom is 0.344 e. The number of hydrogen-bond donors (Lipinski definition) is 1. The number of ether oxygens (including phenoxy) is 2. The Kier molecular flexibility index (Phi) is 6.87. The molecule has 3 aromatic rings. The average Bonchev–Trinajstić information content (AvgIpc) is 2.75. The van der Waals surface area contributed by atoms with E-state index in [1.165, 1.54) is 0 Å². The molecule has 0 spiro atoms. The minimum atomic E-state index is -0.466. The van der Waals surface area contributed by atoms with Gasteiger partial charge in [0.2, 0.25) is 0 Å². The van der Waals surface area contributed by atoms with Gasteiger partial charge in [-0.05, 0) is 54.4 Å². The largest absolute Gasteiger partial charge is 0.482 e. The lowest BCUT2D eigenvalue weighted by Crippen LogP contribution is -2.15. The van der Waals surface area contributed by atoms with E-state index >= 15 is 0 Å². The summed E-state index contributed by atoms with van der Waals surface area (Å²) < 4.78 is 10.6. The van der Waals surface area contributed by atoms with E-state index in [0.29, 0.717) is 22.0 Å². The molecule has 3 aromatic carbocycles. The topological polar surface area (TPSA) is 64.6 Å². The fourth-order valence-electron chi connectivity index (χ4n) is 2.56. The normalized spacial score (nSPS) is 10.3. The summed E-state index contributed by atoms with van der Waals surface area (Å²) >= 11 is 6.08. The third-order valence-corrected chi connectivity index (χ3v) is 4.64. The van der Waals surface area contributed by atoms with E-state index in [4.69, 9.17) is 21.1 Å². The highest BCUT2D eigenvalue weighted by atomic mass is 35.5. The Labute approximate surface area is 174 Å². The van der Waals surface area contributed by atoms with E-state index < -0.39 is 5.97 Å². The average molecular weight is 410 g/mol. The van der Waals surface area contributed by atoms with Gasteiger partial charge in [-0.25, -0.2) is 4.79 Å². The molecule has 0 unspecified atom stereocenters. The quantitative estimate of drug-likeness (QED) is 0.556. The van der Waals surface area contributed by atoms with Crippen LogP contribution in [0, 0.1) is 6.92 Å². The highest BCUT2D eigenvalue weighted by molar-refractivity contribution is 6.31. The molecule has 6 heteroatoms. The van der Waals surface area contributed by atoms with Crippen molar-refractivity contribution in [2.75, 3.05) is 11.9 Å². The van der Waals surface area contributed by atoms with Crippen molar-refractivity contribution < 1.29 is 19.1 Å². The molecular weight excluding hydrogens is 390 g/mol. The second-order valence-electron chi connectivity index (χ2n) is 6.33.